The standard InChI is InChI=1S/C15H12BrNOS/c1-2-19-12-7-8-14-13(9-12)17-15(18-14)10-3-5-11(16)6-4-10/h3-9H,2H2,1H3. The number of oxazole rings is 1. The minimum Gasteiger partial charge on any atom is -0.436 e. The van der Waals surface area contributed by atoms with Crippen LogP contribution in [0.4, 0.5) is 0 Å². The SMILES string of the molecule is CCSc1ccc2oc(-c3ccc(Br)cc3)nc2c1. The van der Waals surface area contributed by atoms with Gasteiger partial charge in [-0.3, -0.25) is 0 Å². The molecule has 0 fully saturated rings. The molecule has 0 aliphatic heterocycles. The zero-order valence-electron chi connectivity index (χ0n) is 10.4. The fourth-order valence-corrected chi connectivity index (χ4v) is 2.84. The summed E-state index contributed by atoms with van der Waals surface area (Å²) in [6.07, 6.45) is 0. The van der Waals surface area contributed by atoms with Gasteiger partial charge in [0.25, 0.3) is 0 Å². The predicted molar refractivity (Wildman–Crippen MR) is 83.5 cm³/mol. The maximum atomic E-state index is 5.79. The third kappa shape index (κ3) is 2.69. The average molecular weight is 334 g/mol. The molecule has 0 N–H and O–H groups in total. The van der Waals surface area contributed by atoms with Crippen LogP contribution in [0.5, 0.6) is 0 Å². The Hall–Kier alpha value is -1.26. The van der Waals surface area contributed by atoms with Crippen molar-refractivity contribution in [3.63, 3.8) is 0 Å². The van der Waals surface area contributed by atoms with Crippen LogP contribution in [-0.2, 0) is 0 Å². The number of hydrogen-bond donors (Lipinski definition) is 0. The number of hydrogen-bond acceptors (Lipinski definition) is 3. The van der Waals surface area contributed by atoms with Crippen molar-refractivity contribution in [2.75, 3.05) is 5.75 Å². The summed E-state index contributed by atoms with van der Waals surface area (Å²) in [5.41, 5.74) is 2.74. The van der Waals surface area contributed by atoms with Crippen molar-refractivity contribution in [1.82, 2.24) is 4.98 Å². The smallest absolute Gasteiger partial charge is 0.227 e. The summed E-state index contributed by atoms with van der Waals surface area (Å²) in [6.45, 7) is 2.14. The first kappa shape index (κ1) is 12.8. The molecule has 0 unspecified atom stereocenters. The van der Waals surface area contributed by atoms with Crippen LogP contribution < -0.4 is 0 Å². The van der Waals surface area contributed by atoms with Crippen molar-refractivity contribution in [3.8, 4) is 11.5 Å². The molecule has 0 saturated heterocycles. The van der Waals surface area contributed by atoms with E-state index in [4.69, 9.17) is 4.42 Å². The zero-order valence-corrected chi connectivity index (χ0v) is 12.8. The number of fused-ring (bicyclic) bond motifs is 1. The highest BCUT2D eigenvalue weighted by atomic mass is 79.9. The van der Waals surface area contributed by atoms with Crippen LogP contribution in [0, 0.1) is 0 Å². The Balaban J connectivity index is 2.03. The largest absolute Gasteiger partial charge is 0.436 e. The van der Waals surface area contributed by atoms with E-state index in [1.54, 1.807) is 0 Å². The first-order valence-electron chi connectivity index (χ1n) is 6.05. The first-order chi connectivity index (χ1) is 9.26. The van der Waals surface area contributed by atoms with Gasteiger partial charge in [-0.25, -0.2) is 4.98 Å². The molecule has 1 heterocycles. The van der Waals surface area contributed by atoms with Gasteiger partial charge in [0.15, 0.2) is 5.58 Å². The Kier molecular flexibility index (Phi) is 3.62. The van der Waals surface area contributed by atoms with Gasteiger partial charge in [-0.15, -0.1) is 11.8 Å². The molecule has 4 heteroatoms. The van der Waals surface area contributed by atoms with E-state index in [2.05, 4.69) is 40.0 Å². The number of nitrogens with zero attached hydrogens (tertiary/aromatic N) is 1. The third-order valence-corrected chi connectivity index (χ3v) is 4.17. The van der Waals surface area contributed by atoms with E-state index in [9.17, 15) is 0 Å². The van der Waals surface area contributed by atoms with Crippen LogP contribution in [0.25, 0.3) is 22.6 Å². The number of thioether (sulfide) groups is 1. The first-order valence-corrected chi connectivity index (χ1v) is 7.83. The lowest BCUT2D eigenvalue weighted by atomic mass is 10.2. The number of rotatable bonds is 3. The lowest BCUT2D eigenvalue weighted by molar-refractivity contribution is 0.619. The molecule has 2 aromatic carbocycles. The Morgan fingerprint density at radius 1 is 1.16 bits per heavy atom. The maximum Gasteiger partial charge on any atom is 0.227 e. The summed E-state index contributed by atoms with van der Waals surface area (Å²) in [6, 6.07) is 14.1. The van der Waals surface area contributed by atoms with E-state index in [0.717, 1.165) is 26.9 Å². The zero-order chi connectivity index (χ0) is 13.2. The van der Waals surface area contributed by atoms with Gasteiger partial charge in [-0.2, -0.15) is 0 Å². The quantitative estimate of drug-likeness (QED) is 0.602. The molecular formula is C15H12BrNOS. The summed E-state index contributed by atoms with van der Waals surface area (Å²) in [5, 5.41) is 0. The Morgan fingerprint density at radius 3 is 2.68 bits per heavy atom. The van der Waals surface area contributed by atoms with Gasteiger partial charge in [0.1, 0.15) is 5.52 Å². The molecule has 3 aromatic rings. The summed E-state index contributed by atoms with van der Waals surface area (Å²) in [7, 11) is 0. The number of aromatic nitrogens is 1. The third-order valence-electron chi connectivity index (χ3n) is 2.76. The number of benzene rings is 2. The van der Waals surface area contributed by atoms with Gasteiger partial charge >= 0.3 is 0 Å². The fraction of sp³-hybridized carbons (Fsp3) is 0.133. The van der Waals surface area contributed by atoms with Crippen molar-refractivity contribution in [2.45, 2.75) is 11.8 Å². The minimum atomic E-state index is 0.668. The van der Waals surface area contributed by atoms with Crippen molar-refractivity contribution in [3.05, 3.63) is 46.9 Å². The van der Waals surface area contributed by atoms with Crippen LogP contribution in [0.1, 0.15) is 6.92 Å². The molecular weight excluding hydrogens is 322 g/mol. The number of halogens is 1. The molecule has 0 aliphatic carbocycles. The Bertz CT molecular complexity index is 706. The van der Waals surface area contributed by atoms with Gasteiger partial charge in [-0.05, 0) is 48.2 Å². The van der Waals surface area contributed by atoms with Gasteiger partial charge in [0, 0.05) is 14.9 Å². The van der Waals surface area contributed by atoms with Crippen LogP contribution in [-0.4, -0.2) is 10.7 Å². The lowest BCUT2D eigenvalue weighted by Crippen LogP contribution is -1.76. The minimum absolute atomic E-state index is 0.668. The van der Waals surface area contributed by atoms with E-state index in [1.165, 1.54) is 4.90 Å². The van der Waals surface area contributed by atoms with Gasteiger partial charge in [0.2, 0.25) is 5.89 Å². The summed E-state index contributed by atoms with van der Waals surface area (Å²) in [5.74, 6) is 1.73. The molecule has 19 heavy (non-hydrogen) atoms. The molecule has 0 radical (unpaired) electrons. The monoisotopic (exact) mass is 333 g/mol. The van der Waals surface area contributed by atoms with Crippen LogP contribution in [0.15, 0.2) is 56.2 Å². The lowest BCUT2D eigenvalue weighted by Gasteiger charge is -1.95. The van der Waals surface area contributed by atoms with Gasteiger partial charge < -0.3 is 4.42 Å². The molecule has 0 atom stereocenters. The average Bonchev–Trinajstić information content (AvgIpc) is 2.83. The summed E-state index contributed by atoms with van der Waals surface area (Å²) >= 11 is 5.23. The molecule has 0 spiro atoms. The predicted octanol–water partition coefficient (Wildman–Crippen LogP) is 5.37. The summed E-state index contributed by atoms with van der Waals surface area (Å²) < 4.78 is 6.84. The van der Waals surface area contributed by atoms with E-state index in [1.807, 2.05) is 42.1 Å². The molecule has 0 bridgehead atoms. The second-order valence-corrected chi connectivity index (χ2v) is 6.34. The molecule has 2 nitrogen and oxygen atoms in total. The van der Waals surface area contributed by atoms with Crippen LogP contribution in [0.2, 0.25) is 0 Å². The van der Waals surface area contributed by atoms with E-state index >= 15 is 0 Å². The van der Waals surface area contributed by atoms with Gasteiger partial charge in [0.05, 0.1) is 0 Å². The van der Waals surface area contributed by atoms with Crippen molar-refractivity contribution in [1.29, 1.82) is 0 Å². The summed E-state index contributed by atoms with van der Waals surface area (Å²) in [4.78, 5) is 5.79. The van der Waals surface area contributed by atoms with Crippen molar-refractivity contribution >= 4 is 38.8 Å². The molecule has 96 valence electrons. The van der Waals surface area contributed by atoms with Crippen LogP contribution in [0.3, 0.4) is 0 Å². The molecule has 0 amide bonds. The second kappa shape index (κ2) is 5.39. The molecule has 0 aliphatic rings. The Morgan fingerprint density at radius 2 is 1.95 bits per heavy atom. The van der Waals surface area contributed by atoms with Crippen molar-refractivity contribution in [2.24, 2.45) is 0 Å². The highest BCUT2D eigenvalue weighted by molar-refractivity contribution is 9.10. The topological polar surface area (TPSA) is 26.0 Å². The van der Waals surface area contributed by atoms with Gasteiger partial charge in [-0.1, -0.05) is 22.9 Å². The van der Waals surface area contributed by atoms with Crippen molar-refractivity contribution < 1.29 is 4.42 Å². The molecule has 0 saturated carbocycles. The van der Waals surface area contributed by atoms with E-state index in [0.29, 0.717) is 5.89 Å². The molecule has 1 aromatic heterocycles. The highest BCUT2D eigenvalue weighted by Gasteiger charge is 2.08. The van der Waals surface area contributed by atoms with E-state index < -0.39 is 0 Å². The fourth-order valence-electron chi connectivity index (χ4n) is 1.88. The second-order valence-electron chi connectivity index (χ2n) is 4.09. The van der Waals surface area contributed by atoms with E-state index in [-0.39, 0.29) is 0 Å². The Labute approximate surface area is 124 Å². The molecule has 3 rings (SSSR count). The maximum absolute atomic E-state index is 5.79. The van der Waals surface area contributed by atoms with Crippen LogP contribution >= 0.6 is 27.7 Å². The normalized spacial score (nSPS) is 11.1. The highest BCUT2D eigenvalue weighted by Crippen LogP contribution is 2.28.